The molecule has 4 heteroatoms. The Morgan fingerprint density at radius 3 is 2.73 bits per heavy atom. The summed E-state index contributed by atoms with van der Waals surface area (Å²) in [5.41, 5.74) is 7.05. The molecular formula is C11H13ClN2O. The number of carbonyl (C=O) groups is 1. The van der Waals surface area contributed by atoms with Crippen molar-refractivity contribution in [1.82, 2.24) is 5.32 Å². The predicted octanol–water partition coefficient (Wildman–Crippen LogP) is 0.882. The molecule has 3 nitrogen and oxygen atoms in total. The van der Waals surface area contributed by atoms with Gasteiger partial charge >= 0.3 is 0 Å². The van der Waals surface area contributed by atoms with Crippen molar-refractivity contribution in [2.24, 2.45) is 5.73 Å². The van der Waals surface area contributed by atoms with Gasteiger partial charge in [0.05, 0.1) is 0 Å². The number of likely N-dealkylation sites (N-methyl/N-ethyl adjacent to an activating group) is 1. The number of benzene rings is 1. The standard InChI is InChI=1S/C11H13ClN2O/c1-14-11(10(13)15)5-7-2-3-9(12)4-8(7)6-11/h2-4,14H,5-6H2,1H3,(H2,13,15). The van der Waals surface area contributed by atoms with Gasteiger partial charge < -0.3 is 11.1 Å². The van der Waals surface area contributed by atoms with Gasteiger partial charge in [-0.15, -0.1) is 0 Å². The average molecular weight is 225 g/mol. The first-order chi connectivity index (χ1) is 7.07. The monoisotopic (exact) mass is 224 g/mol. The quantitative estimate of drug-likeness (QED) is 0.784. The molecule has 0 aromatic heterocycles. The highest BCUT2D eigenvalue weighted by Gasteiger charge is 2.41. The van der Waals surface area contributed by atoms with Gasteiger partial charge in [-0.25, -0.2) is 0 Å². The van der Waals surface area contributed by atoms with Crippen molar-refractivity contribution in [1.29, 1.82) is 0 Å². The van der Waals surface area contributed by atoms with E-state index in [4.69, 9.17) is 17.3 Å². The van der Waals surface area contributed by atoms with E-state index in [1.54, 1.807) is 7.05 Å². The van der Waals surface area contributed by atoms with Crippen LogP contribution in [0.4, 0.5) is 0 Å². The van der Waals surface area contributed by atoms with Crippen LogP contribution in [0.2, 0.25) is 5.02 Å². The molecule has 0 bridgehead atoms. The maximum absolute atomic E-state index is 11.4. The van der Waals surface area contributed by atoms with Gasteiger partial charge in [-0.3, -0.25) is 4.79 Å². The lowest BCUT2D eigenvalue weighted by atomic mass is 9.95. The Kier molecular flexibility index (Phi) is 2.44. The van der Waals surface area contributed by atoms with E-state index in [-0.39, 0.29) is 5.91 Å². The van der Waals surface area contributed by atoms with Crippen LogP contribution in [0.3, 0.4) is 0 Å². The van der Waals surface area contributed by atoms with Crippen LogP contribution >= 0.6 is 11.6 Å². The SMILES string of the molecule is CNC1(C(N)=O)Cc2ccc(Cl)cc2C1. The lowest BCUT2D eigenvalue weighted by Gasteiger charge is -2.24. The van der Waals surface area contributed by atoms with Crippen molar-refractivity contribution in [3.8, 4) is 0 Å². The molecular weight excluding hydrogens is 212 g/mol. The normalized spacial score (nSPS) is 23.9. The second-order valence-electron chi connectivity index (χ2n) is 3.96. The van der Waals surface area contributed by atoms with Gasteiger partial charge in [0.2, 0.25) is 5.91 Å². The second kappa shape index (κ2) is 3.51. The topological polar surface area (TPSA) is 55.1 Å². The van der Waals surface area contributed by atoms with Crippen LogP contribution in [0.1, 0.15) is 11.1 Å². The molecule has 80 valence electrons. The molecule has 3 N–H and O–H groups in total. The molecule has 0 saturated heterocycles. The lowest BCUT2D eigenvalue weighted by molar-refractivity contribution is -0.123. The van der Waals surface area contributed by atoms with Crippen LogP contribution in [-0.4, -0.2) is 18.5 Å². The van der Waals surface area contributed by atoms with Gasteiger partial charge in [-0.2, -0.15) is 0 Å². The molecule has 1 aliphatic carbocycles. The van der Waals surface area contributed by atoms with E-state index in [9.17, 15) is 4.79 Å². The van der Waals surface area contributed by atoms with Crippen LogP contribution in [0.15, 0.2) is 18.2 Å². The summed E-state index contributed by atoms with van der Waals surface area (Å²) < 4.78 is 0. The molecule has 1 unspecified atom stereocenters. The molecule has 0 saturated carbocycles. The number of nitrogens with one attached hydrogen (secondary N) is 1. The minimum Gasteiger partial charge on any atom is -0.368 e. The molecule has 0 heterocycles. The fourth-order valence-corrected chi connectivity index (χ4v) is 2.31. The van der Waals surface area contributed by atoms with Crippen LogP contribution in [-0.2, 0) is 17.6 Å². The van der Waals surface area contributed by atoms with E-state index in [1.165, 1.54) is 0 Å². The van der Waals surface area contributed by atoms with Crippen molar-refractivity contribution in [2.75, 3.05) is 7.05 Å². The molecule has 1 amide bonds. The molecule has 0 radical (unpaired) electrons. The molecule has 0 spiro atoms. The van der Waals surface area contributed by atoms with E-state index < -0.39 is 5.54 Å². The van der Waals surface area contributed by atoms with Crippen LogP contribution in [0, 0.1) is 0 Å². The highest BCUT2D eigenvalue weighted by atomic mass is 35.5. The number of carbonyl (C=O) groups excluding carboxylic acids is 1. The first-order valence-electron chi connectivity index (χ1n) is 4.83. The third-order valence-corrected chi connectivity index (χ3v) is 3.34. The summed E-state index contributed by atoms with van der Waals surface area (Å²) in [5, 5.41) is 3.72. The van der Waals surface area contributed by atoms with E-state index in [0.717, 1.165) is 11.1 Å². The fourth-order valence-electron chi connectivity index (χ4n) is 2.12. The van der Waals surface area contributed by atoms with Crippen LogP contribution in [0.5, 0.6) is 0 Å². The van der Waals surface area contributed by atoms with Gasteiger partial charge in [0.25, 0.3) is 0 Å². The Bertz CT molecular complexity index is 419. The number of amides is 1. The maximum atomic E-state index is 11.4. The average Bonchev–Trinajstić information content (AvgIpc) is 2.56. The van der Waals surface area contributed by atoms with Crippen LogP contribution < -0.4 is 11.1 Å². The van der Waals surface area contributed by atoms with Crippen molar-refractivity contribution < 1.29 is 4.79 Å². The summed E-state index contributed by atoms with van der Waals surface area (Å²) in [6.45, 7) is 0. The fraction of sp³-hybridized carbons (Fsp3) is 0.364. The zero-order chi connectivity index (χ0) is 11.1. The highest BCUT2D eigenvalue weighted by Crippen LogP contribution is 2.31. The van der Waals surface area contributed by atoms with Gasteiger partial charge in [-0.1, -0.05) is 17.7 Å². The molecule has 1 atom stereocenters. The number of halogens is 1. The molecule has 1 aromatic carbocycles. The molecule has 15 heavy (non-hydrogen) atoms. The smallest absolute Gasteiger partial charge is 0.238 e. The number of rotatable bonds is 2. The largest absolute Gasteiger partial charge is 0.368 e. The summed E-state index contributed by atoms with van der Waals surface area (Å²) in [7, 11) is 1.76. The third kappa shape index (κ3) is 1.62. The summed E-state index contributed by atoms with van der Waals surface area (Å²) >= 11 is 5.90. The minimum atomic E-state index is -0.632. The van der Waals surface area contributed by atoms with E-state index >= 15 is 0 Å². The first kappa shape index (κ1) is 10.5. The zero-order valence-corrected chi connectivity index (χ0v) is 9.27. The van der Waals surface area contributed by atoms with E-state index in [2.05, 4.69) is 5.32 Å². The number of primary amides is 1. The molecule has 1 aliphatic rings. The summed E-state index contributed by atoms with van der Waals surface area (Å²) in [4.78, 5) is 11.4. The van der Waals surface area contributed by atoms with E-state index in [0.29, 0.717) is 17.9 Å². The number of fused-ring (bicyclic) bond motifs is 1. The van der Waals surface area contributed by atoms with Crippen molar-refractivity contribution in [2.45, 2.75) is 18.4 Å². The van der Waals surface area contributed by atoms with Crippen molar-refractivity contribution >= 4 is 17.5 Å². The molecule has 0 fully saturated rings. The van der Waals surface area contributed by atoms with Gasteiger partial charge in [0.15, 0.2) is 0 Å². The highest BCUT2D eigenvalue weighted by molar-refractivity contribution is 6.30. The lowest BCUT2D eigenvalue weighted by Crippen LogP contribution is -2.54. The Hall–Kier alpha value is -1.06. The number of nitrogens with two attached hydrogens (primary N) is 1. The minimum absolute atomic E-state index is 0.308. The van der Waals surface area contributed by atoms with E-state index in [1.807, 2.05) is 18.2 Å². The predicted molar refractivity (Wildman–Crippen MR) is 59.8 cm³/mol. The maximum Gasteiger partial charge on any atom is 0.238 e. The third-order valence-electron chi connectivity index (χ3n) is 3.10. The van der Waals surface area contributed by atoms with Gasteiger partial charge in [-0.05, 0) is 30.3 Å². The Labute approximate surface area is 93.6 Å². The summed E-state index contributed by atoms with van der Waals surface area (Å²) in [6, 6.07) is 5.70. The van der Waals surface area contributed by atoms with Gasteiger partial charge in [0, 0.05) is 17.9 Å². The second-order valence-corrected chi connectivity index (χ2v) is 4.40. The molecule has 0 aliphatic heterocycles. The number of hydrogen-bond acceptors (Lipinski definition) is 2. The van der Waals surface area contributed by atoms with Crippen molar-refractivity contribution in [3.63, 3.8) is 0 Å². The molecule has 2 rings (SSSR count). The Morgan fingerprint density at radius 1 is 1.47 bits per heavy atom. The first-order valence-corrected chi connectivity index (χ1v) is 5.21. The number of hydrogen-bond donors (Lipinski definition) is 2. The summed E-state index contributed by atoms with van der Waals surface area (Å²) in [6.07, 6.45) is 1.26. The van der Waals surface area contributed by atoms with Gasteiger partial charge in [0.1, 0.15) is 5.54 Å². The Balaban J connectivity index is 2.39. The molecule has 1 aromatic rings. The van der Waals surface area contributed by atoms with Crippen LogP contribution in [0.25, 0.3) is 0 Å². The Morgan fingerprint density at radius 2 is 2.13 bits per heavy atom. The van der Waals surface area contributed by atoms with Crippen molar-refractivity contribution in [3.05, 3.63) is 34.3 Å². The summed E-state index contributed by atoms with van der Waals surface area (Å²) in [5.74, 6) is -0.308. The zero-order valence-electron chi connectivity index (χ0n) is 8.51.